The van der Waals surface area contributed by atoms with Crippen LogP contribution in [0, 0.1) is 3.57 Å². The van der Waals surface area contributed by atoms with Crippen molar-refractivity contribution in [1.82, 2.24) is 4.57 Å². The van der Waals surface area contributed by atoms with Crippen molar-refractivity contribution in [2.24, 2.45) is 4.99 Å². The third kappa shape index (κ3) is 4.51. The molecule has 1 aliphatic rings. The van der Waals surface area contributed by atoms with Crippen LogP contribution in [0.1, 0.15) is 37.3 Å². The molecule has 0 fully saturated rings. The van der Waals surface area contributed by atoms with Crippen LogP contribution in [0.5, 0.6) is 11.5 Å². The number of hydrogen-bond donors (Lipinski definition) is 1. The van der Waals surface area contributed by atoms with Gasteiger partial charge in [-0.3, -0.25) is 9.36 Å². The molecule has 1 aliphatic heterocycles. The van der Waals surface area contributed by atoms with E-state index >= 15 is 0 Å². The average Bonchev–Trinajstić information content (AvgIpc) is 3.40. The molecule has 0 bridgehead atoms. The zero-order valence-electron chi connectivity index (χ0n) is 18.1. The van der Waals surface area contributed by atoms with Crippen molar-refractivity contribution in [3.8, 4) is 11.5 Å². The maximum Gasteiger partial charge on any atom is 0.338 e. The normalized spacial score (nSPS) is 15.9. The van der Waals surface area contributed by atoms with Crippen LogP contribution in [0.25, 0.3) is 6.08 Å². The zero-order chi connectivity index (χ0) is 23.7. The largest absolute Gasteiger partial charge is 0.504 e. The summed E-state index contributed by atoms with van der Waals surface area (Å²) in [5, 5.41) is 12.1. The molecule has 0 amide bonds. The van der Waals surface area contributed by atoms with E-state index in [0.29, 0.717) is 36.5 Å². The van der Waals surface area contributed by atoms with Crippen molar-refractivity contribution in [1.29, 1.82) is 0 Å². The molecule has 3 aromatic rings. The predicted octanol–water partition coefficient (Wildman–Crippen LogP) is 3.57. The molecule has 2 aromatic heterocycles. The van der Waals surface area contributed by atoms with Crippen molar-refractivity contribution in [2.75, 3.05) is 13.2 Å². The predicted molar refractivity (Wildman–Crippen MR) is 137 cm³/mol. The van der Waals surface area contributed by atoms with Gasteiger partial charge in [0, 0.05) is 4.88 Å². The zero-order valence-corrected chi connectivity index (χ0v) is 21.9. The summed E-state index contributed by atoms with van der Waals surface area (Å²) < 4.78 is 13.5. The van der Waals surface area contributed by atoms with Crippen molar-refractivity contribution >= 4 is 57.3 Å². The second kappa shape index (κ2) is 9.82. The molecule has 33 heavy (non-hydrogen) atoms. The first-order valence-electron chi connectivity index (χ1n) is 10.2. The highest BCUT2D eigenvalue weighted by Gasteiger charge is 2.33. The summed E-state index contributed by atoms with van der Waals surface area (Å²) in [6.45, 7) is 6.00. The first-order chi connectivity index (χ1) is 15.8. The van der Waals surface area contributed by atoms with Gasteiger partial charge in [0.1, 0.15) is 6.04 Å². The highest BCUT2D eigenvalue weighted by atomic mass is 127. The first-order valence-corrected chi connectivity index (χ1v) is 13.0. The monoisotopic (exact) mass is 596 g/mol. The molecule has 0 spiro atoms. The van der Waals surface area contributed by atoms with E-state index in [4.69, 9.17) is 9.47 Å². The van der Waals surface area contributed by atoms with Crippen LogP contribution in [0.2, 0.25) is 0 Å². The molecular weight excluding hydrogens is 575 g/mol. The summed E-state index contributed by atoms with van der Waals surface area (Å²) >= 11 is 4.76. The Morgan fingerprint density at radius 1 is 1.33 bits per heavy atom. The number of thiophene rings is 1. The number of rotatable bonds is 6. The van der Waals surface area contributed by atoms with Crippen LogP contribution in [0.4, 0.5) is 0 Å². The Labute approximate surface area is 211 Å². The number of ether oxygens (including phenoxy) is 2. The van der Waals surface area contributed by atoms with Crippen molar-refractivity contribution in [3.05, 3.63) is 74.6 Å². The number of aromatic hydroxyl groups is 1. The van der Waals surface area contributed by atoms with Gasteiger partial charge in [0.05, 0.1) is 32.6 Å². The third-order valence-electron chi connectivity index (χ3n) is 4.98. The molecule has 0 saturated heterocycles. The minimum atomic E-state index is -0.596. The minimum Gasteiger partial charge on any atom is -0.504 e. The minimum absolute atomic E-state index is 0.0726. The van der Waals surface area contributed by atoms with Crippen molar-refractivity contribution in [2.45, 2.75) is 26.8 Å². The summed E-state index contributed by atoms with van der Waals surface area (Å²) in [7, 11) is 0. The topological polar surface area (TPSA) is 90.1 Å². The van der Waals surface area contributed by atoms with Crippen LogP contribution in [-0.2, 0) is 9.53 Å². The fraction of sp³-hybridized carbons (Fsp3) is 0.261. The van der Waals surface area contributed by atoms with E-state index in [1.54, 1.807) is 36.6 Å². The lowest BCUT2D eigenvalue weighted by molar-refractivity contribution is -0.139. The number of benzene rings is 1. The fourth-order valence-corrected chi connectivity index (χ4v) is 6.10. The highest BCUT2D eigenvalue weighted by Crippen LogP contribution is 2.34. The lowest BCUT2D eigenvalue weighted by atomic mass is 10.0. The van der Waals surface area contributed by atoms with E-state index in [9.17, 15) is 14.7 Å². The van der Waals surface area contributed by atoms with Gasteiger partial charge in [-0.05, 0) is 78.6 Å². The summed E-state index contributed by atoms with van der Waals surface area (Å²) in [6.07, 6.45) is 1.75. The number of nitrogens with zero attached hydrogens (tertiary/aromatic N) is 2. The van der Waals surface area contributed by atoms with Crippen molar-refractivity contribution in [3.63, 3.8) is 0 Å². The number of carbonyl (C=O) groups is 1. The number of phenolic OH excluding ortho intramolecular Hbond substituents is 1. The molecule has 172 valence electrons. The summed E-state index contributed by atoms with van der Waals surface area (Å²) in [6, 6.07) is 6.68. The summed E-state index contributed by atoms with van der Waals surface area (Å²) in [5.41, 5.74) is 1.39. The molecule has 1 aromatic carbocycles. The number of fused-ring (bicyclic) bond motifs is 1. The Hall–Kier alpha value is -2.44. The maximum absolute atomic E-state index is 13.5. The van der Waals surface area contributed by atoms with Gasteiger partial charge in [-0.25, -0.2) is 9.79 Å². The molecular formula is C23H21IN2O5S2. The number of phenols is 1. The van der Waals surface area contributed by atoms with Crippen LogP contribution >= 0.6 is 45.3 Å². The Balaban J connectivity index is 1.91. The summed E-state index contributed by atoms with van der Waals surface area (Å²) in [5.74, 6) is -0.0373. The smallest absolute Gasteiger partial charge is 0.338 e. The third-order valence-corrected chi connectivity index (χ3v) is 7.71. The van der Waals surface area contributed by atoms with Gasteiger partial charge in [-0.15, -0.1) is 11.3 Å². The Morgan fingerprint density at radius 2 is 2.12 bits per heavy atom. The van der Waals surface area contributed by atoms with Gasteiger partial charge in [0.15, 0.2) is 16.3 Å². The number of carbonyl (C=O) groups excluding carboxylic acids is 1. The van der Waals surface area contributed by atoms with Gasteiger partial charge < -0.3 is 14.6 Å². The molecule has 7 nitrogen and oxygen atoms in total. The SMILES string of the molecule is CCOC(=O)C1=C(C)N=c2s/c(=C\c3cc(I)c(O)c(OCC)c3)c(=O)n2C1c1cccs1. The molecule has 1 N–H and O–H groups in total. The van der Waals surface area contributed by atoms with E-state index in [1.807, 2.05) is 47.0 Å². The van der Waals surface area contributed by atoms with Crippen LogP contribution < -0.4 is 19.6 Å². The maximum atomic E-state index is 13.5. The molecule has 1 atom stereocenters. The molecule has 4 rings (SSSR count). The van der Waals surface area contributed by atoms with Gasteiger partial charge in [0.2, 0.25) is 0 Å². The second-order valence-electron chi connectivity index (χ2n) is 7.10. The van der Waals surface area contributed by atoms with E-state index in [-0.39, 0.29) is 17.9 Å². The van der Waals surface area contributed by atoms with Gasteiger partial charge in [-0.1, -0.05) is 17.4 Å². The van der Waals surface area contributed by atoms with E-state index < -0.39 is 12.0 Å². The van der Waals surface area contributed by atoms with Crippen molar-refractivity contribution < 1.29 is 19.4 Å². The Kier molecular flexibility index (Phi) is 7.05. The first kappa shape index (κ1) is 23.7. The van der Waals surface area contributed by atoms with Gasteiger partial charge in [-0.2, -0.15) is 0 Å². The number of hydrogen-bond acceptors (Lipinski definition) is 8. The quantitative estimate of drug-likeness (QED) is 0.347. The van der Waals surface area contributed by atoms with Crippen LogP contribution in [0.3, 0.4) is 0 Å². The number of thiazole rings is 1. The number of halogens is 1. The number of aromatic nitrogens is 1. The lowest BCUT2D eigenvalue weighted by Crippen LogP contribution is -2.39. The van der Waals surface area contributed by atoms with Crippen LogP contribution in [-0.4, -0.2) is 28.9 Å². The molecule has 0 aliphatic carbocycles. The Bertz CT molecular complexity index is 1420. The second-order valence-corrected chi connectivity index (χ2v) is 10.3. The molecule has 0 saturated carbocycles. The van der Waals surface area contributed by atoms with Crippen LogP contribution in [0.15, 0.2) is 50.7 Å². The standard InChI is InChI=1S/C23H21IN2O5S2/c1-4-30-15-10-13(9-14(24)20(15)27)11-17-21(28)26-19(16-7-6-8-32-16)18(22(29)31-5-2)12(3)25-23(26)33-17/h6-11,19,27H,4-5H2,1-3H3/b17-11-. The lowest BCUT2D eigenvalue weighted by Gasteiger charge is -2.23. The van der Waals surface area contributed by atoms with E-state index in [2.05, 4.69) is 4.99 Å². The van der Waals surface area contributed by atoms with E-state index in [1.165, 1.54) is 22.7 Å². The van der Waals surface area contributed by atoms with Gasteiger partial charge in [0.25, 0.3) is 5.56 Å². The molecule has 0 radical (unpaired) electrons. The molecule has 1 unspecified atom stereocenters. The average molecular weight is 596 g/mol. The summed E-state index contributed by atoms with van der Waals surface area (Å²) in [4.78, 5) is 32.3. The Morgan fingerprint density at radius 3 is 2.79 bits per heavy atom. The number of esters is 1. The molecule has 3 heterocycles. The number of allylic oxidation sites excluding steroid dienone is 1. The fourth-order valence-electron chi connectivity index (χ4n) is 3.60. The molecule has 10 heteroatoms. The van der Waals surface area contributed by atoms with Gasteiger partial charge >= 0.3 is 5.97 Å². The highest BCUT2D eigenvalue weighted by molar-refractivity contribution is 14.1. The van der Waals surface area contributed by atoms with E-state index in [0.717, 1.165) is 10.4 Å².